The highest BCUT2D eigenvalue weighted by Crippen LogP contribution is 2.29. The van der Waals surface area contributed by atoms with Crippen LogP contribution in [0.2, 0.25) is 0 Å². The van der Waals surface area contributed by atoms with Crippen LogP contribution in [0.5, 0.6) is 5.75 Å². The number of unbranched alkanes of at least 4 members (excludes halogenated alkanes) is 1. The van der Waals surface area contributed by atoms with E-state index in [0.717, 1.165) is 35.2 Å². The van der Waals surface area contributed by atoms with Crippen molar-refractivity contribution >= 4 is 27.4 Å². The Hall–Kier alpha value is -1.59. The smallest absolute Gasteiger partial charge is 0.348 e. The minimum Gasteiger partial charge on any atom is -0.497 e. The van der Waals surface area contributed by atoms with E-state index < -0.39 is 0 Å². The summed E-state index contributed by atoms with van der Waals surface area (Å²) in [7, 11) is 1.64. The number of hydrogen-bond acceptors (Lipinski definition) is 5. The molecule has 1 aliphatic rings. The van der Waals surface area contributed by atoms with E-state index in [1.54, 1.807) is 7.11 Å². The van der Waals surface area contributed by atoms with E-state index in [9.17, 15) is 4.79 Å². The van der Waals surface area contributed by atoms with Crippen molar-refractivity contribution in [2.24, 2.45) is 0 Å². The summed E-state index contributed by atoms with van der Waals surface area (Å²) in [5, 5.41) is 1.05. The number of carbonyl (C=O) groups excluding carboxylic acids is 1. The van der Waals surface area contributed by atoms with Gasteiger partial charge in [-0.2, -0.15) is 0 Å². The van der Waals surface area contributed by atoms with Crippen LogP contribution in [0.25, 0.3) is 10.1 Å². The Morgan fingerprint density at radius 1 is 1.22 bits per heavy atom. The highest BCUT2D eigenvalue weighted by atomic mass is 32.1. The molecule has 0 radical (unpaired) electrons. The molecule has 0 saturated carbocycles. The fourth-order valence-corrected chi connectivity index (χ4v) is 3.90. The third-order valence-electron chi connectivity index (χ3n) is 4.23. The molecule has 3 rings (SSSR count). The van der Waals surface area contributed by atoms with Crippen LogP contribution < -0.4 is 4.74 Å². The number of methoxy groups -OCH3 is 1. The van der Waals surface area contributed by atoms with Gasteiger partial charge in [0.25, 0.3) is 0 Å². The molecule has 0 atom stereocenters. The van der Waals surface area contributed by atoms with Gasteiger partial charge in [0.15, 0.2) is 0 Å². The van der Waals surface area contributed by atoms with E-state index in [4.69, 9.17) is 9.47 Å². The first kappa shape index (κ1) is 16.3. The molecule has 0 aliphatic carbocycles. The fourth-order valence-electron chi connectivity index (χ4n) is 2.92. The molecule has 1 aromatic heterocycles. The summed E-state index contributed by atoms with van der Waals surface area (Å²) in [5.41, 5.74) is 0. The van der Waals surface area contributed by atoms with Crippen molar-refractivity contribution in [3.8, 4) is 5.75 Å². The maximum absolute atomic E-state index is 12.1. The summed E-state index contributed by atoms with van der Waals surface area (Å²) in [6.07, 6.45) is 4.68. The van der Waals surface area contributed by atoms with Crippen molar-refractivity contribution < 1.29 is 14.3 Å². The monoisotopic (exact) mass is 333 g/mol. The molecule has 2 heterocycles. The van der Waals surface area contributed by atoms with E-state index in [0.29, 0.717) is 11.5 Å². The van der Waals surface area contributed by atoms with Crippen LogP contribution in [0.3, 0.4) is 0 Å². The second-order valence-electron chi connectivity index (χ2n) is 5.91. The Bertz CT molecular complexity index is 661. The van der Waals surface area contributed by atoms with Crippen LogP contribution in [0, 0.1) is 0 Å². The molecule has 4 nitrogen and oxygen atoms in total. The topological polar surface area (TPSA) is 38.8 Å². The molecule has 2 aromatic rings. The van der Waals surface area contributed by atoms with Gasteiger partial charge in [-0.05, 0) is 75.0 Å². The van der Waals surface area contributed by atoms with Crippen molar-refractivity contribution in [1.82, 2.24) is 4.90 Å². The molecule has 1 saturated heterocycles. The number of nitrogens with zero attached hydrogens (tertiary/aromatic N) is 1. The lowest BCUT2D eigenvalue weighted by atomic mass is 10.2. The Morgan fingerprint density at radius 3 is 2.83 bits per heavy atom. The second-order valence-corrected chi connectivity index (χ2v) is 6.99. The Labute approximate surface area is 141 Å². The Kier molecular flexibility index (Phi) is 5.51. The minimum absolute atomic E-state index is 0.216. The van der Waals surface area contributed by atoms with Gasteiger partial charge < -0.3 is 14.4 Å². The molecule has 0 amide bonds. The first-order valence-corrected chi connectivity index (χ1v) is 9.05. The first-order chi connectivity index (χ1) is 11.3. The first-order valence-electron chi connectivity index (χ1n) is 8.23. The van der Waals surface area contributed by atoms with E-state index in [1.165, 1.54) is 37.3 Å². The summed E-state index contributed by atoms with van der Waals surface area (Å²) >= 11 is 1.46. The van der Waals surface area contributed by atoms with E-state index in [2.05, 4.69) is 4.90 Å². The van der Waals surface area contributed by atoms with Gasteiger partial charge >= 0.3 is 5.97 Å². The average molecular weight is 333 g/mol. The number of rotatable bonds is 7. The SMILES string of the molecule is COc1ccc2cc(C(=O)OCCCCN3CCCC3)sc2c1. The van der Waals surface area contributed by atoms with Crippen molar-refractivity contribution in [1.29, 1.82) is 0 Å². The lowest BCUT2D eigenvalue weighted by Gasteiger charge is -2.13. The number of benzene rings is 1. The Balaban J connectivity index is 1.46. The van der Waals surface area contributed by atoms with E-state index in [1.807, 2.05) is 24.3 Å². The molecule has 0 N–H and O–H groups in total. The highest BCUT2D eigenvalue weighted by Gasteiger charge is 2.13. The van der Waals surface area contributed by atoms with Crippen LogP contribution in [0.1, 0.15) is 35.4 Å². The molecule has 5 heteroatoms. The van der Waals surface area contributed by atoms with Crippen molar-refractivity contribution in [3.05, 3.63) is 29.1 Å². The van der Waals surface area contributed by atoms with Crippen LogP contribution in [0.4, 0.5) is 0 Å². The average Bonchev–Trinajstić information content (AvgIpc) is 3.22. The van der Waals surface area contributed by atoms with Crippen molar-refractivity contribution in [3.63, 3.8) is 0 Å². The summed E-state index contributed by atoms with van der Waals surface area (Å²) in [4.78, 5) is 15.3. The predicted molar refractivity (Wildman–Crippen MR) is 93.6 cm³/mol. The lowest BCUT2D eigenvalue weighted by molar-refractivity contribution is 0.0501. The zero-order valence-electron chi connectivity index (χ0n) is 13.5. The number of esters is 1. The number of carbonyl (C=O) groups is 1. The van der Waals surface area contributed by atoms with Gasteiger partial charge in [-0.3, -0.25) is 0 Å². The normalized spacial score (nSPS) is 15.2. The fraction of sp³-hybridized carbons (Fsp3) is 0.500. The van der Waals surface area contributed by atoms with Crippen LogP contribution in [-0.2, 0) is 4.74 Å². The van der Waals surface area contributed by atoms with Crippen LogP contribution >= 0.6 is 11.3 Å². The van der Waals surface area contributed by atoms with Crippen LogP contribution in [-0.4, -0.2) is 44.2 Å². The van der Waals surface area contributed by atoms with Crippen LogP contribution in [0.15, 0.2) is 24.3 Å². The van der Waals surface area contributed by atoms with Gasteiger partial charge in [-0.1, -0.05) is 0 Å². The maximum Gasteiger partial charge on any atom is 0.348 e. The highest BCUT2D eigenvalue weighted by molar-refractivity contribution is 7.20. The lowest BCUT2D eigenvalue weighted by Crippen LogP contribution is -2.20. The van der Waals surface area contributed by atoms with E-state index >= 15 is 0 Å². The maximum atomic E-state index is 12.1. The summed E-state index contributed by atoms with van der Waals surface area (Å²) in [6, 6.07) is 7.72. The molecule has 1 aliphatic heterocycles. The predicted octanol–water partition coefficient (Wildman–Crippen LogP) is 3.94. The third kappa shape index (κ3) is 4.24. The van der Waals surface area contributed by atoms with Gasteiger partial charge in [0, 0.05) is 4.70 Å². The standard InChI is InChI=1S/C18H23NO3S/c1-21-15-7-6-14-12-17(23-16(14)13-15)18(20)22-11-5-4-10-19-8-2-3-9-19/h6-7,12-13H,2-5,8-11H2,1H3. The van der Waals surface area contributed by atoms with Gasteiger partial charge in [0.2, 0.25) is 0 Å². The molecule has 23 heavy (non-hydrogen) atoms. The minimum atomic E-state index is -0.216. The van der Waals surface area contributed by atoms with Gasteiger partial charge in [-0.25, -0.2) is 4.79 Å². The number of fused-ring (bicyclic) bond motifs is 1. The molecule has 1 fully saturated rings. The zero-order chi connectivity index (χ0) is 16.1. The van der Waals surface area contributed by atoms with Gasteiger partial charge in [0.1, 0.15) is 10.6 Å². The molecule has 124 valence electrons. The van der Waals surface area contributed by atoms with Crippen molar-refractivity contribution in [2.45, 2.75) is 25.7 Å². The number of ether oxygens (including phenoxy) is 2. The number of hydrogen-bond donors (Lipinski definition) is 0. The number of thiophene rings is 1. The third-order valence-corrected chi connectivity index (χ3v) is 5.31. The molecule has 0 spiro atoms. The largest absolute Gasteiger partial charge is 0.497 e. The van der Waals surface area contributed by atoms with Gasteiger partial charge in [0.05, 0.1) is 13.7 Å². The summed E-state index contributed by atoms with van der Waals surface area (Å²) in [5.74, 6) is 0.590. The summed E-state index contributed by atoms with van der Waals surface area (Å²) in [6.45, 7) is 4.08. The molecular weight excluding hydrogens is 310 g/mol. The van der Waals surface area contributed by atoms with E-state index in [-0.39, 0.29) is 5.97 Å². The van der Waals surface area contributed by atoms with Crippen molar-refractivity contribution in [2.75, 3.05) is 33.4 Å². The summed E-state index contributed by atoms with van der Waals surface area (Å²) < 4.78 is 11.7. The zero-order valence-corrected chi connectivity index (χ0v) is 14.4. The quantitative estimate of drug-likeness (QED) is 0.568. The number of likely N-dealkylation sites (tertiary alicyclic amines) is 1. The molecular formula is C18H23NO3S. The van der Waals surface area contributed by atoms with Gasteiger partial charge in [-0.15, -0.1) is 11.3 Å². The Morgan fingerprint density at radius 2 is 2.04 bits per heavy atom. The molecule has 1 aromatic carbocycles. The molecule has 0 bridgehead atoms. The molecule has 0 unspecified atom stereocenters. The second kappa shape index (κ2) is 7.79.